The molecule has 0 atom stereocenters. The van der Waals surface area contributed by atoms with Crippen molar-refractivity contribution in [2.75, 3.05) is 18.9 Å². The van der Waals surface area contributed by atoms with Gasteiger partial charge >= 0.3 is 11.9 Å². The summed E-state index contributed by atoms with van der Waals surface area (Å²) in [5.74, 6) is -3.02. The number of thiophene rings is 1. The van der Waals surface area contributed by atoms with Crippen LogP contribution in [0, 0.1) is 11.6 Å². The Morgan fingerprint density at radius 2 is 1.77 bits per heavy atom. The lowest BCUT2D eigenvalue weighted by atomic mass is 10.1. The normalized spacial score (nSPS) is 10.6. The topological polar surface area (TPSA) is 78.6 Å². The van der Waals surface area contributed by atoms with E-state index in [1.165, 1.54) is 6.07 Å². The quantitative estimate of drug-likeness (QED) is 0.552. The molecule has 1 aromatic heterocycles. The van der Waals surface area contributed by atoms with E-state index in [0.717, 1.165) is 35.2 Å². The van der Waals surface area contributed by atoms with Gasteiger partial charge in [0.2, 0.25) is 0 Å². The molecule has 1 heterocycles. The molecule has 0 aliphatic rings. The number of hydrogen-bond acceptors (Lipinski definition) is 7. The molecular weight excluding hydrogens is 384 g/mol. The Balaban J connectivity index is 2.37. The molecule has 0 spiro atoms. The first-order valence-corrected chi connectivity index (χ1v) is 9.52. The van der Waals surface area contributed by atoms with Crippen LogP contribution in [-0.2, 0) is 15.2 Å². The smallest absolute Gasteiger partial charge is 0.348 e. The van der Waals surface area contributed by atoms with Crippen LogP contribution in [0.25, 0.3) is 0 Å². The SMILES string of the molecule is CCOC(=O)c1sc(N)c(C(=O)OCC)c1CSc1ccc(F)c(F)c1. The number of halogens is 2. The maximum absolute atomic E-state index is 13.4. The lowest BCUT2D eigenvalue weighted by Gasteiger charge is -2.08. The Bertz CT molecular complexity index is 823. The van der Waals surface area contributed by atoms with E-state index in [2.05, 4.69) is 0 Å². The van der Waals surface area contributed by atoms with Gasteiger partial charge in [-0.2, -0.15) is 0 Å². The van der Waals surface area contributed by atoms with Crippen LogP contribution in [-0.4, -0.2) is 25.2 Å². The second-order valence-corrected chi connectivity index (χ2v) is 7.06. The van der Waals surface area contributed by atoms with Crippen molar-refractivity contribution in [3.8, 4) is 0 Å². The first-order chi connectivity index (χ1) is 12.4. The molecule has 5 nitrogen and oxygen atoms in total. The van der Waals surface area contributed by atoms with Crippen molar-refractivity contribution in [2.24, 2.45) is 0 Å². The molecular formula is C17H17F2NO4S2. The Kier molecular flexibility index (Phi) is 6.98. The van der Waals surface area contributed by atoms with Crippen LogP contribution in [0.4, 0.5) is 13.8 Å². The highest BCUT2D eigenvalue weighted by atomic mass is 32.2. The first kappa shape index (κ1) is 20.2. The molecule has 0 bridgehead atoms. The molecule has 1 aromatic carbocycles. The molecule has 0 saturated heterocycles. The highest BCUT2D eigenvalue weighted by Crippen LogP contribution is 2.36. The van der Waals surface area contributed by atoms with Gasteiger partial charge < -0.3 is 15.2 Å². The zero-order valence-electron chi connectivity index (χ0n) is 14.1. The number of nitrogens with two attached hydrogens (primary N) is 1. The molecule has 0 aliphatic heterocycles. The number of benzene rings is 1. The van der Waals surface area contributed by atoms with Crippen molar-refractivity contribution >= 4 is 40.0 Å². The average molecular weight is 401 g/mol. The van der Waals surface area contributed by atoms with Gasteiger partial charge in [0.15, 0.2) is 11.6 Å². The van der Waals surface area contributed by atoms with Crippen LogP contribution in [0.1, 0.15) is 39.4 Å². The number of carbonyl (C=O) groups is 2. The minimum Gasteiger partial charge on any atom is -0.462 e. The molecule has 26 heavy (non-hydrogen) atoms. The van der Waals surface area contributed by atoms with E-state index in [-0.39, 0.29) is 34.4 Å². The summed E-state index contributed by atoms with van der Waals surface area (Å²) in [7, 11) is 0. The maximum atomic E-state index is 13.4. The zero-order chi connectivity index (χ0) is 19.3. The van der Waals surface area contributed by atoms with E-state index >= 15 is 0 Å². The summed E-state index contributed by atoms with van der Waals surface area (Å²) in [4.78, 5) is 25.0. The molecule has 0 fully saturated rings. The second kappa shape index (κ2) is 9.00. The number of rotatable bonds is 7. The fraction of sp³-hybridized carbons (Fsp3) is 0.294. The summed E-state index contributed by atoms with van der Waals surface area (Å²) < 4.78 is 36.4. The van der Waals surface area contributed by atoms with Crippen LogP contribution in [0.3, 0.4) is 0 Å². The lowest BCUT2D eigenvalue weighted by molar-refractivity contribution is 0.0527. The molecule has 0 saturated carbocycles. The van der Waals surface area contributed by atoms with E-state index in [1.54, 1.807) is 13.8 Å². The molecule has 9 heteroatoms. The maximum Gasteiger partial charge on any atom is 0.348 e. The summed E-state index contributed by atoms with van der Waals surface area (Å²) in [6.07, 6.45) is 0. The number of thioether (sulfide) groups is 1. The van der Waals surface area contributed by atoms with Gasteiger partial charge in [-0.3, -0.25) is 0 Å². The van der Waals surface area contributed by atoms with Gasteiger partial charge in [0, 0.05) is 16.2 Å². The number of nitrogen functional groups attached to an aromatic ring is 1. The third kappa shape index (κ3) is 4.53. The molecule has 0 aliphatic carbocycles. The molecule has 140 valence electrons. The zero-order valence-corrected chi connectivity index (χ0v) is 15.8. The Morgan fingerprint density at radius 3 is 2.38 bits per heavy atom. The number of ether oxygens (including phenoxy) is 2. The number of hydrogen-bond donors (Lipinski definition) is 1. The van der Waals surface area contributed by atoms with Crippen LogP contribution in [0.5, 0.6) is 0 Å². The first-order valence-electron chi connectivity index (χ1n) is 7.72. The molecule has 2 rings (SSSR count). The van der Waals surface area contributed by atoms with Crippen molar-refractivity contribution in [3.63, 3.8) is 0 Å². The fourth-order valence-corrected chi connectivity index (χ4v) is 4.14. The lowest BCUT2D eigenvalue weighted by Crippen LogP contribution is -2.11. The van der Waals surface area contributed by atoms with Crippen LogP contribution in [0.2, 0.25) is 0 Å². The summed E-state index contributed by atoms with van der Waals surface area (Å²) >= 11 is 2.08. The van der Waals surface area contributed by atoms with E-state index in [0.29, 0.717) is 10.5 Å². The van der Waals surface area contributed by atoms with E-state index < -0.39 is 23.6 Å². The van der Waals surface area contributed by atoms with Gasteiger partial charge in [-0.1, -0.05) is 0 Å². The van der Waals surface area contributed by atoms with Gasteiger partial charge in [0.25, 0.3) is 0 Å². The predicted octanol–water partition coefficient (Wildman–Crippen LogP) is 4.25. The highest BCUT2D eigenvalue weighted by molar-refractivity contribution is 7.98. The fourth-order valence-electron chi connectivity index (χ4n) is 2.13. The van der Waals surface area contributed by atoms with Gasteiger partial charge in [-0.25, -0.2) is 18.4 Å². The molecule has 2 N–H and O–H groups in total. The molecule has 0 unspecified atom stereocenters. The average Bonchev–Trinajstić information content (AvgIpc) is 2.93. The molecule has 0 amide bonds. The van der Waals surface area contributed by atoms with Gasteiger partial charge in [0.1, 0.15) is 9.88 Å². The standard InChI is InChI=1S/C17H17F2NO4S2/c1-3-23-16(21)13-10(14(26-15(13)20)17(22)24-4-2)8-25-9-5-6-11(18)12(19)7-9/h5-7H,3-4,8,20H2,1-2H3. The van der Waals surface area contributed by atoms with Gasteiger partial charge in [0.05, 0.1) is 18.8 Å². The number of esters is 2. The van der Waals surface area contributed by atoms with Crippen LogP contribution < -0.4 is 5.73 Å². The van der Waals surface area contributed by atoms with Crippen molar-refractivity contribution in [3.05, 3.63) is 45.8 Å². The predicted molar refractivity (Wildman–Crippen MR) is 96.6 cm³/mol. The Labute approximate surface area is 157 Å². The number of anilines is 1. The van der Waals surface area contributed by atoms with Gasteiger partial charge in [-0.05, 0) is 32.0 Å². The largest absolute Gasteiger partial charge is 0.462 e. The summed E-state index contributed by atoms with van der Waals surface area (Å²) in [6, 6.07) is 3.47. The summed E-state index contributed by atoms with van der Waals surface area (Å²) in [6.45, 7) is 3.64. The minimum atomic E-state index is -0.976. The highest BCUT2D eigenvalue weighted by Gasteiger charge is 2.27. The monoisotopic (exact) mass is 401 g/mol. The van der Waals surface area contributed by atoms with Crippen molar-refractivity contribution in [2.45, 2.75) is 24.5 Å². The van der Waals surface area contributed by atoms with Crippen molar-refractivity contribution in [1.82, 2.24) is 0 Å². The third-order valence-corrected chi connectivity index (χ3v) is 5.31. The molecule has 0 radical (unpaired) electrons. The number of carbonyl (C=O) groups excluding carboxylic acids is 2. The van der Waals surface area contributed by atoms with E-state index in [4.69, 9.17) is 15.2 Å². The van der Waals surface area contributed by atoms with E-state index in [9.17, 15) is 18.4 Å². The van der Waals surface area contributed by atoms with Crippen molar-refractivity contribution < 1.29 is 27.8 Å². The van der Waals surface area contributed by atoms with E-state index in [1.807, 2.05) is 0 Å². The summed E-state index contributed by atoms with van der Waals surface area (Å²) in [5, 5.41) is 0.146. The minimum absolute atomic E-state index is 0.106. The van der Waals surface area contributed by atoms with Gasteiger partial charge in [-0.15, -0.1) is 23.1 Å². The van der Waals surface area contributed by atoms with Crippen LogP contribution in [0.15, 0.2) is 23.1 Å². The second-order valence-electron chi connectivity index (χ2n) is 4.95. The summed E-state index contributed by atoms with van der Waals surface area (Å²) in [5.41, 5.74) is 6.38. The Hall–Kier alpha value is -2.13. The molecule has 2 aromatic rings. The van der Waals surface area contributed by atoms with Crippen molar-refractivity contribution in [1.29, 1.82) is 0 Å². The third-order valence-electron chi connectivity index (χ3n) is 3.25. The Morgan fingerprint density at radius 1 is 1.12 bits per heavy atom. The van der Waals surface area contributed by atoms with Crippen LogP contribution >= 0.6 is 23.1 Å².